The van der Waals surface area contributed by atoms with Gasteiger partial charge in [0.05, 0.1) is 12.3 Å². The molecule has 2 aromatic heterocycles. The van der Waals surface area contributed by atoms with Crippen molar-refractivity contribution in [2.24, 2.45) is 0 Å². The predicted molar refractivity (Wildman–Crippen MR) is 63.8 cm³/mol. The van der Waals surface area contributed by atoms with E-state index < -0.39 is 5.41 Å². The molecular weight excluding hydrogens is 244 g/mol. The molecule has 0 spiro atoms. The Kier molecular flexibility index (Phi) is 2.99. The van der Waals surface area contributed by atoms with Gasteiger partial charge in [-0.15, -0.1) is 5.10 Å². The summed E-state index contributed by atoms with van der Waals surface area (Å²) in [5.41, 5.74) is -0.591. The van der Waals surface area contributed by atoms with Crippen molar-refractivity contribution < 1.29 is 4.52 Å². The fraction of sp³-hybridized carbons (Fsp3) is 0.583. The number of aromatic nitrogens is 5. The monoisotopic (exact) mass is 258 g/mol. The Balaban J connectivity index is 1.82. The molecule has 1 fully saturated rings. The summed E-state index contributed by atoms with van der Waals surface area (Å²) in [7, 11) is 0. The average Bonchev–Trinajstić information content (AvgIpc) is 3.12. The van der Waals surface area contributed by atoms with Gasteiger partial charge in [0.25, 0.3) is 0 Å². The smallest absolute Gasteiger partial charge is 0.247 e. The SMILES string of the molecule is N#CC1(c2nc(Cn3ccnn3)no2)CCCCC1. The van der Waals surface area contributed by atoms with Gasteiger partial charge in [-0.2, -0.15) is 10.2 Å². The Bertz CT molecular complexity index is 576. The first kappa shape index (κ1) is 11.8. The van der Waals surface area contributed by atoms with Crippen LogP contribution in [0, 0.1) is 11.3 Å². The van der Waals surface area contributed by atoms with Crippen LogP contribution in [0.3, 0.4) is 0 Å². The molecule has 0 bridgehead atoms. The third kappa shape index (κ3) is 2.21. The molecule has 1 aliphatic carbocycles. The predicted octanol–water partition coefficient (Wildman–Crippen LogP) is 1.43. The number of nitrogens with zero attached hydrogens (tertiary/aromatic N) is 6. The standard InChI is InChI=1S/C12H14N6O/c13-9-12(4-2-1-3-5-12)11-15-10(16-19-11)8-18-7-6-14-17-18/h6-7H,1-5,8H2. The molecule has 0 aromatic carbocycles. The molecule has 3 rings (SSSR count). The van der Waals surface area contributed by atoms with Crippen molar-refractivity contribution in [3.05, 3.63) is 24.1 Å². The largest absolute Gasteiger partial charge is 0.338 e. The van der Waals surface area contributed by atoms with Gasteiger partial charge in [-0.05, 0) is 12.8 Å². The quantitative estimate of drug-likeness (QED) is 0.826. The minimum atomic E-state index is -0.591. The van der Waals surface area contributed by atoms with E-state index in [-0.39, 0.29) is 0 Å². The first-order valence-electron chi connectivity index (χ1n) is 6.41. The summed E-state index contributed by atoms with van der Waals surface area (Å²) in [5.74, 6) is 0.977. The first-order chi connectivity index (χ1) is 9.32. The molecule has 0 atom stereocenters. The number of rotatable bonds is 3. The summed E-state index contributed by atoms with van der Waals surface area (Å²) >= 11 is 0. The van der Waals surface area contributed by atoms with Crippen LogP contribution in [0.15, 0.2) is 16.9 Å². The van der Waals surface area contributed by atoms with E-state index in [1.807, 2.05) is 0 Å². The molecular formula is C12H14N6O. The average molecular weight is 258 g/mol. The van der Waals surface area contributed by atoms with E-state index in [4.69, 9.17) is 4.52 Å². The third-order valence-electron chi connectivity index (χ3n) is 3.57. The molecule has 0 unspecified atom stereocenters. The fourth-order valence-electron chi connectivity index (χ4n) is 2.50. The Morgan fingerprint density at radius 1 is 1.37 bits per heavy atom. The lowest BCUT2D eigenvalue weighted by Crippen LogP contribution is -2.27. The number of nitriles is 1. The van der Waals surface area contributed by atoms with E-state index in [1.54, 1.807) is 17.1 Å². The maximum absolute atomic E-state index is 9.46. The molecule has 1 aliphatic rings. The Morgan fingerprint density at radius 2 is 2.21 bits per heavy atom. The van der Waals surface area contributed by atoms with E-state index in [2.05, 4.69) is 26.5 Å². The Morgan fingerprint density at radius 3 is 2.89 bits per heavy atom. The molecule has 0 radical (unpaired) electrons. The van der Waals surface area contributed by atoms with Crippen molar-refractivity contribution in [2.45, 2.75) is 44.1 Å². The maximum Gasteiger partial charge on any atom is 0.247 e. The van der Waals surface area contributed by atoms with Crippen molar-refractivity contribution in [2.75, 3.05) is 0 Å². The van der Waals surface area contributed by atoms with Gasteiger partial charge in [-0.3, -0.25) is 0 Å². The van der Waals surface area contributed by atoms with Gasteiger partial charge in [-0.1, -0.05) is 29.6 Å². The lowest BCUT2D eigenvalue weighted by atomic mass is 9.75. The lowest BCUT2D eigenvalue weighted by molar-refractivity contribution is 0.263. The van der Waals surface area contributed by atoms with Gasteiger partial charge in [-0.25, -0.2) is 4.68 Å². The topological polar surface area (TPSA) is 93.4 Å². The van der Waals surface area contributed by atoms with E-state index in [1.165, 1.54) is 6.42 Å². The third-order valence-corrected chi connectivity index (χ3v) is 3.57. The van der Waals surface area contributed by atoms with Crippen LogP contribution in [0.25, 0.3) is 0 Å². The summed E-state index contributed by atoms with van der Waals surface area (Å²) < 4.78 is 6.92. The molecule has 2 aromatic rings. The first-order valence-corrected chi connectivity index (χ1v) is 6.41. The zero-order valence-electron chi connectivity index (χ0n) is 10.5. The summed E-state index contributed by atoms with van der Waals surface area (Å²) in [6.07, 6.45) is 8.17. The second kappa shape index (κ2) is 4.80. The second-order valence-electron chi connectivity index (χ2n) is 4.87. The maximum atomic E-state index is 9.46. The van der Waals surface area contributed by atoms with Gasteiger partial charge in [0.1, 0.15) is 12.0 Å². The minimum absolute atomic E-state index is 0.408. The summed E-state index contributed by atoms with van der Waals surface area (Å²) in [6, 6.07) is 2.37. The van der Waals surface area contributed by atoms with Gasteiger partial charge < -0.3 is 4.52 Å². The van der Waals surface area contributed by atoms with Gasteiger partial charge in [0, 0.05) is 6.20 Å². The molecule has 2 heterocycles. The molecule has 1 saturated carbocycles. The summed E-state index contributed by atoms with van der Waals surface area (Å²) in [4.78, 5) is 4.36. The Hall–Kier alpha value is -2.23. The second-order valence-corrected chi connectivity index (χ2v) is 4.87. The molecule has 7 heteroatoms. The molecule has 19 heavy (non-hydrogen) atoms. The zero-order chi connectivity index (χ0) is 13.1. The zero-order valence-corrected chi connectivity index (χ0v) is 10.5. The number of hydrogen-bond donors (Lipinski definition) is 0. The summed E-state index contributed by atoms with van der Waals surface area (Å²) in [6.45, 7) is 0.408. The van der Waals surface area contributed by atoms with Crippen molar-refractivity contribution in [1.29, 1.82) is 5.26 Å². The highest BCUT2D eigenvalue weighted by Gasteiger charge is 2.39. The van der Waals surface area contributed by atoms with Crippen LogP contribution in [0.1, 0.15) is 43.8 Å². The minimum Gasteiger partial charge on any atom is -0.338 e. The highest BCUT2D eigenvalue weighted by molar-refractivity contribution is 5.19. The van der Waals surface area contributed by atoms with E-state index in [0.29, 0.717) is 18.3 Å². The fourth-order valence-corrected chi connectivity index (χ4v) is 2.50. The van der Waals surface area contributed by atoms with Crippen molar-refractivity contribution in [3.63, 3.8) is 0 Å². The van der Waals surface area contributed by atoms with Crippen LogP contribution >= 0.6 is 0 Å². The number of hydrogen-bond acceptors (Lipinski definition) is 6. The van der Waals surface area contributed by atoms with Crippen LogP contribution in [0.2, 0.25) is 0 Å². The van der Waals surface area contributed by atoms with Crippen molar-refractivity contribution in [3.8, 4) is 6.07 Å². The summed E-state index contributed by atoms with van der Waals surface area (Å²) in [5, 5.41) is 21.0. The molecule has 0 saturated heterocycles. The molecule has 0 N–H and O–H groups in total. The van der Waals surface area contributed by atoms with Crippen LogP contribution in [0.4, 0.5) is 0 Å². The molecule has 0 amide bonds. The van der Waals surface area contributed by atoms with Crippen LogP contribution in [0.5, 0.6) is 0 Å². The van der Waals surface area contributed by atoms with E-state index >= 15 is 0 Å². The van der Waals surface area contributed by atoms with Crippen LogP contribution in [-0.4, -0.2) is 25.1 Å². The molecule has 7 nitrogen and oxygen atoms in total. The van der Waals surface area contributed by atoms with Gasteiger partial charge in [0.2, 0.25) is 5.89 Å². The lowest BCUT2D eigenvalue weighted by Gasteiger charge is -2.26. The van der Waals surface area contributed by atoms with Crippen LogP contribution in [-0.2, 0) is 12.0 Å². The highest BCUT2D eigenvalue weighted by Crippen LogP contribution is 2.37. The molecule has 0 aliphatic heterocycles. The van der Waals surface area contributed by atoms with Gasteiger partial charge >= 0.3 is 0 Å². The van der Waals surface area contributed by atoms with Crippen LogP contribution < -0.4 is 0 Å². The van der Waals surface area contributed by atoms with E-state index in [9.17, 15) is 5.26 Å². The van der Waals surface area contributed by atoms with Gasteiger partial charge in [0.15, 0.2) is 5.82 Å². The highest BCUT2D eigenvalue weighted by atomic mass is 16.5. The Labute approximate surface area is 110 Å². The normalized spacial score (nSPS) is 18.1. The van der Waals surface area contributed by atoms with Crippen molar-refractivity contribution >= 4 is 0 Å². The van der Waals surface area contributed by atoms with E-state index in [0.717, 1.165) is 25.7 Å². The van der Waals surface area contributed by atoms with Crippen molar-refractivity contribution in [1.82, 2.24) is 25.1 Å². The molecule has 98 valence electrons.